The highest BCUT2D eigenvalue weighted by molar-refractivity contribution is 6.06. The van der Waals surface area contributed by atoms with Crippen molar-refractivity contribution in [2.24, 2.45) is 0 Å². The van der Waals surface area contributed by atoms with Crippen LogP contribution in [0.1, 0.15) is 57.5 Å². The Morgan fingerprint density at radius 2 is 1.51 bits per heavy atom. The Bertz CT molecular complexity index is 1080. The Kier molecular flexibility index (Phi) is 9.06. The number of anilines is 2. The zero-order chi connectivity index (χ0) is 27.2. The van der Waals surface area contributed by atoms with Gasteiger partial charge in [-0.2, -0.15) is 26.3 Å². The lowest BCUT2D eigenvalue weighted by Crippen LogP contribution is -2.33. The maximum atomic E-state index is 13.2. The van der Waals surface area contributed by atoms with Crippen LogP contribution in [0, 0.1) is 0 Å². The fourth-order valence-corrected chi connectivity index (χ4v) is 4.01. The molecule has 2 aromatic carbocycles. The normalized spacial score (nSPS) is 14.4. The van der Waals surface area contributed by atoms with E-state index in [0.29, 0.717) is 37.4 Å². The smallest absolute Gasteiger partial charge is 0.385 e. The molecule has 0 aliphatic carbocycles. The minimum Gasteiger partial charge on any atom is -0.385 e. The van der Waals surface area contributed by atoms with Crippen LogP contribution in [0.4, 0.5) is 37.7 Å². The number of methoxy groups -OCH3 is 1. The molecule has 0 bridgehead atoms. The number of carbonyl (C=O) groups excluding carboxylic acids is 2. The van der Waals surface area contributed by atoms with Crippen molar-refractivity contribution in [1.29, 1.82) is 0 Å². The summed E-state index contributed by atoms with van der Waals surface area (Å²) in [5, 5.41) is 5.09. The Labute approximate surface area is 210 Å². The van der Waals surface area contributed by atoms with Gasteiger partial charge in [-0.25, -0.2) is 0 Å². The Balaban J connectivity index is 1.91. The number of alkyl halides is 6. The molecule has 2 amide bonds. The summed E-state index contributed by atoms with van der Waals surface area (Å²) >= 11 is 0. The molecule has 6 nitrogen and oxygen atoms in total. The summed E-state index contributed by atoms with van der Waals surface area (Å²) in [6.07, 6.45) is -6.68. The lowest BCUT2D eigenvalue weighted by Gasteiger charge is -2.30. The Morgan fingerprint density at radius 1 is 0.892 bits per heavy atom. The molecule has 0 spiro atoms. The summed E-state index contributed by atoms with van der Waals surface area (Å²) in [6.45, 7) is 2.21. The molecule has 1 saturated heterocycles. The van der Waals surface area contributed by atoms with Gasteiger partial charge in [0.25, 0.3) is 11.8 Å². The zero-order valence-electron chi connectivity index (χ0n) is 20.1. The molecule has 202 valence electrons. The second-order valence-electron chi connectivity index (χ2n) is 8.63. The molecule has 1 aliphatic heterocycles. The number of rotatable bonds is 8. The number of halogens is 6. The molecule has 2 N–H and O–H groups in total. The van der Waals surface area contributed by atoms with Gasteiger partial charge in [-0.05, 0) is 62.1 Å². The van der Waals surface area contributed by atoms with Crippen LogP contribution in [-0.4, -0.2) is 45.2 Å². The number of benzene rings is 2. The van der Waals surface area contributed by atoms with Gasteiger partial charge in [0, 0.05) is 50.3 Å². The van der Waals surface area contributed by atoms with Crippen molar-refractivity contribution >= 4 is 23.2 Å². The molecular formula is C25H27F6N3O3. The maximum Gasteiger partial charge on any atom is 0.416 e. The average Bonchev–Trinajstić information content (AvgIpc) is 2.85. The van der Waals surface area contributed by atoms with Crippen LogP contribution in [0.25, 0.3) is 0 Å². The predicted octanol–water partition coefficient (Wildman–Crippen LogP) is 5.73. The van der Waals surface area contributed by atoms with Crippen molar-refractivity contribution in [1.82, 2.24) is 5.32 Å². The summed E-state index contributed by atoms with van der Waals surface area (Å²) in [4.78, 5) is 27.7. The minimum atomic E-state index is -5.08. The molecule has 0 radical (unpaired) electrons. The number of nitrogens with zero attached hydrogens (tertiary/aromatic N) is 1. The average molecular weight is 531 g/mol. The van der Waals surface area contributed by atoms with E-state index in [1.54, 1.807) is 6.07 Å². The molecule has 1 heterocycles. The van der Waals surface area contributed by atoms with Crippen molar-refractivity contribution in [2.75, 3.05) is 43.6 Å². The summed E-state index contributed by atoms with van der Waals surface area (Å²) in [6, 6.07) is 5.11. The molecule has 37 heavy (non-hydrogen) atoms. The monoisotopic (exact) mass is 531 g/mol. The molecule has 0 aromatic heterocycles. The zero-order valence-corrected chi connectivity index (χ0v) is 20.1. The summed E-state index contributed by atoms with van der Waals surface area (Å²) in [5.74, 6) is -1.60. The molecule has 0 unspecified atom stereocenters. The van der Waals surface area contributed by atoms with Crippen molar-refractivity contribution in [3.63, 3.8) is 0 Å². The van der Waals surface area contributed by atoms with Gasteiger partial charge in [0.15, 0.2) is 0 Å². The molecule has 3 rings (SSSR count). The van der Waals surface area contributed by atoms with Gasteiger partial charge < -0.3 is 20.3 Å². The van der Waals surface area contributed by atoms with Crippen LogP contribution in [0.15, 0.2) is 36.4 Å². The first-order valence-electron chi connectivity index (χ1n) is 11.7. The van der Waals surface area contributed by atoms with Crippen molar-refractivity contribution in [3.8, 4) is 0 Å². The highest BCUT2D eigenvalue weighted by atomic mass is 19.4. The highest BCUT2D eigenvalue weighted by Gasteiger charge is 2.37. The Hall–Kier alpha value is -3.28. The van der Waals surface area contributed by atoms with E-state index in [2.05, 4.69) is 10.6 Å². The van der Waals surface area contributed by atoms with Gasteiger partial charge in [0.05, 0.1) is 16.7 Å². The largest absolute Gasteiger partial charge is 0.416 e. The van der Waals surface area contributed by atoms with Crippen LogP contribution in [0.5, 0.6) is 0 Å². The third kappa shape index (κ3) is 7.61. The van der Waals surface area contributed by atoms with E-state index in [1.807, 2.05) is 4.90 Å². The molecule has 0 atom stereocenters. The van der Waals surface area contributed by atoms with E-state index in [-0.39, 0.29) is 17.3 Å². The first-order valence-corrected chi connectivity index (χ1v) is 11.7. The summed E-state index contributed by atoms with van der Waals surface area (Å²) in [7, 11) is 1.53. The lowest BCUT2D eigenvalue weighted by atomic mass is 10.0. The third-order valence-electron chi connectivity index (χ3n) is 5.86. The van der Waals surface area contributed by atoms with Crippen LogP contribution in [0.3, 0.4) is 0 Å². The second kappa shape index (κ2) is 11.8. The van der Waals surface area contributed by atoms with Crippen molar-refractivity contribution < 1.29 is 40.7 Å². The molecule has 1 aliphatic rings. The minimum absolute atomic E-state index is 0.0454. The van der Waals surface area contributed by atoms with Crippen LogP contribution >= 0.6 is 0 Å². The van der Waals surface area contributed by atoms with Crippen molar-refractivity contribution in [3.05, 3.63) is 58.7 Å². The molecule has 12 heteroatoms. The first-order chi connectivity index (χ1) is 17.4. The molecular weight excluding hydrogens is 504 g/mol. The fraction of sp³-hybridized carbons (Fsp3) is 0.440. The van der Waals surface area contributed by atoms with E-state index in [9.17, 15) is 35.9 Å². The van der Waals surface area contributed by atoms with E-state index in [1.165, 1.54) is 19.2 Å². The predicted molar refractivity (Wildman–Crippen MR) is 126 cm³/mol. The topological polar surface area (TPSA) is 70.7 Å². The number of piperidine rings is 1. The van der Waals surface area contributed by atoms with Gasteiger partial charge in [-0.15, -0.1) is 0 Å². The summed E-state index contributed by atoms with van der Waals surface area (Å²) in [5.41, 5.74) is -3.09. The Morgan fingerprint density at radius 3 is 2.08 bits per heavy atom. The van der Waals surface area contributed by atoms with E-state index < -0.39 is 40.9 Å². The van der Waals surface area contributed by atoms with Crippen LogP contribution in [0.2, 0.25) is 0 Å². The third-order valence-corrected chi connectivity index (χ3v) is 5.86. The first kappa shape index (κ1) is 28.3. The number of nitrogens with one attached hydrogen (secondary N) is 2. The molecule has 2 aromatic rings. The van der Waals surface area contributed by atoms with Crippen LogP contribution in [-0.2, 0) is 17.1 Å². The highest BCUT2D eigenvalue weighted by Crippen LogP contribution is 2.36. The lowest BCUT2D eigenvalue weighted by molar-refractivity contribution is -0.143. The SMILES string of the molecule is COCCCNC(=O)c1cc(NC(=O)c2cc(C(F)(F)F)cc(C(F)(F)F)c2)ccc1N1CCCCC1. The van der Waals surface area contributed by atoms with E-state index in [4.69, 9.17) is 4.74 Å². The number of hydrogen-bond donors (Lipinski definition) is 2. The molecule has 1 fully saturated rings. The molecule has 0 saturated carbocycles. The standard InChI is InChI=1S/C25H27F6N3O3/c1-37-11-5-8-32-23(36)20-15-19(6-7-21(20)34-9-3-2-4-10-34)33-22(35)16-12-17(24(26,27)28)14-18(13-16)25(29,30)31/h6-7,12-15H,2-5,8-11H2,1H3,(H,32,36)(H,33,35). The second-order valence-corrected chi connectivity index (χ2v) is 8.63. The van der Waals surface area contributed by atoms with Gasteiger partial charge in [-0.3, -0.25) is 9.59 Å². The van der Waals surface area contributed by atoms with Crippen LogP contribution < -0.4 is 15.5 Å². The number of amides is 2. The van der Waals surface area contributed by atoms with Gasteiger partial charge in [-0.1, -0.05) is 0 Å². The number of ether oxygens (including phenoxy) is 1. The quantitative estimate of drug-likeness (QED) is 0.337. The van der Waals surface area contributed by atoms with E-state index >= 15 is 0 Å². The van der Waals surface area contributed by atoms with E-state index in [0.717, 1.165) is 32.4 Å². The number of hydrogen-bond acceptors (Lipinski definition) is 4. The number of carbonyl (C=O) groups is 2. The van der Waals surface area contributed by atoms with Gasteiger partial charge >= 0.3 is 12.4 Å². The van der Waals surface area contributed by atoms with Crippen molar-refractivity contribution in [2.45, 2.75) is 38.0 Å². The fourth-order valence-electron chi connectivity index (χ4n) is 4.01. The maximum absolute atomic E-state index is 13.2. The van der Waals surface area contributed by atoms with Gasteiger partial charge in [0.1, 0.15) is 0 Å². The summed E-state index contributed by atoms with van der Waals surface area (Å²) < 4.78 is 84.1. The van der Waals surface area contributed by atoms with Gasteiger partial charge in [0.2, 0.25) is 0 Å².